The number of amides is 1. The number of hydrogen-bond acceptors (Lipinski definition) is 6. The zero-order chi connectivity index (χ0) is 23.0. The maximum atomic E-state index is 13.0. The average molecular weight is 458 g/mol. The lowest BCUT2D eigenvalue weighted by Crippen LogP contribution is -2.39. The Hall–Kier alpha value is -3.23. The summed E-state index contributed by atoms with van der Waals surface area (Å²) in [4.78, 5) is 30.3. The van der Waals surface area contributed by atoms with Crippen LogP contribution in [-0.2, 0) is 16.0 Å². The number of nitrogens with zero attached hydrogens (tertiary/aromatic N) is 1. The van der Waals surface area contributed by atoms with Gasteiger partial charge in [-0.3, -0.25) is 9.69 Å². The quantitative estimate of drug-likeness (QED) is 0.502. The molecule has 2 aromatic carbocycles. The monoisotopic (exact) mass is 457 g/mol. The minimum absolute atomic E-state index is 0.0588. The van der Waals surface area contributed by atoms with Crippen LogP contribution in [0.3, 0.4) is 0 Å². The summed E-state index contributed by atoms with van der Waals surface area (Å²) in [5.74, 6) is -0.338. The standard InChI is InChI=1S/C23H24ClN3O5/c1-12-15-10-19(31-2)18(28)8-13(15)6-7-27(12)11-20(29)26-21-16-9-14(24)4-5-17(16)25-22(21)23(30)32-3/h4-5,8-10,12,25,28H,6-7,11H2,1-3H3,(H,26,29). The summed E-state index contributed by atoms with van der Waals surface area (Å²) in [5, 5.41) is 14.0. The molecule has 1 aliphatic rings. The van der Waals surface area contributed by atoms with Crippen molar-refractivity contribution in [3.8, 4) is 11.5 Å². The first-order chi connectivity index (χ1) is 15.3. The van der Waals surface area contributed by atoms with E-state index in [0.29, 0.717) is 40.3 Å². The van der Waals surface area contributed by atoms with Gasteiger partial charge in [0, 0.05) is 28.5 Å². The van der Waals surface area contributed by atoms with E-state index in [1.165, 1.54) is 14.2 Å². The summed E-state index contributed by atoms with van der Waals surface area (Å²) >= 11 is 6.13. The minimum atomic E-state index is -0.584. The van der Waals surface area contributed by atoms with Gasteiger partial charge in [-0.05, 0) is 54.8 Å². The van der Waals surface area contributed by atoms with E-state index in [1.807, 2.05) is 17.9 Å². The molecule has 3 aromatic rings. The third-order valence-electron chi connectivity index (χ3n) is 5.87. The lowest BCUT2D eigenvalue weighted by Gasteiger charge is -2.35. The maximum Gasteiger partial charge on any atom is 0.356 e. The number of carbonyl (C=O) groups excluding carboxylic acids is 2. The molecule has 1 aromatic heterocycles. The second-order valence-electron chi connectivity index (χ2n) is 7.72. The fourth-order valence-electron chi connectivity index (χ4n) is 4.18. The van der Waals surface area contributed by atoms with Gasteiger partial charge in [0.25, 0.3) is 0 Å². The van der Waals surface area contributed by atoms with E-state index in [9.17, 15) is 14.7 Å². The van der Waals surface area contributed by atoms with Crippen LogP contribution in [0, 0.1) is 0 Å². The van der Waals surface area contributed by atoms with Gasteiger partial charge in [-0.15, -0.1) is 0 Å². The van der Waals surface area contributed by atoms with Gasteiger partial charge >= 0.3 is 5.97 Å². The Balaban J connectivity index is 1.58. The van der Waals surface area contributed by atoms with Crippen molar-refractivity contribution < 1.29 is 24.2 Å². The molecular formula is C23H24ClN3O5. The number of ether oxygens (including phenoxy) is 2. The van der Waals surface area contributed by atoms with Gasteiger partial charge in [-0.1, -0.05) is 11.6 Å². The zero-order valence-electron chi connectivity index (χ0n) is 18.0. The number of anilines is 1. The maximum absolute atomic E-state index is 13.0. The van der Waals surface area contributed by atoms with Crippen molar-refractivity contribution in [2.45, 2.75) is 19.4 Å². The van der Waals surface area contributed by atoms with Crippen molar-refractivity contribution in [1.29, 1.82) is 0 Å². The number of carbonyl (C=O) groups is 2. The van der Waals surface area contributed by atoms with Crippen LogP contribution in [0.1, 0.15) is 34.6 Å². The molecule has 4 rings (SSSR count). The smallest absolute Gasteiger partial charge is 0.356 e. The Kier molecular flexibility index (Phi) is 5.99. The Morgan fingerprint density at radius 3 is 2.78 bits per heavy atom. The molecule has 3 N–H and O–H groups in total. The van der Waals surface area contributed by atoms with E-state index >= 15 is 0 Å². The van der Waals surface area contributed by atoms with Gasteiger partial charge in [0.15, 0.2) is 11.5 Å². The van der Waals surface area contributed by atoms with E-state index in [2.05, 4.69) is 10.3 Å². The molecular weight excluding hydrogens is 434 g/mol. The molecule has 1 amide bonds. The minimum Gasteiger partial charge on any atom is -0.504 e. The van der Waals surface area contributed by atoms with Crippen molar-refractivity contribution in [3.63, 3.8) is 0 Å². The molecule has 0 fully saturated rings. The number of rotatable bonds is 5. The number of aromatic nitrogens is 1. The molecule has 2 heterocycles. The van der Waals surface area contributed by atoms with Gasteiger partial charge in [0.05, 0.1) is 26.5 Å². The van der Waals surface area contributed by atoms with Crippen molar-refractivity contribution in [2.75, 3.05) is 32.6 Å². The number of fused-ring (bicyclic) bond motifs is 2. The Morgan fingerprint density at radius 1 is 1.28 bits per heavy atom. The summed E-state index contributed by atoms with van der Waals surface area (Å²) < 4.78 is 10.1. The van der Waals surface area contributed by atoms with E-state index in [-0.39, 0.29) is 29.9 Å². The number of halogens is 1. The van der Waals surface area contributed by atoms with Gasteiger partial charge in [0.2, 0.25) is 5.91 Å². The fourth-order valence-corrected chi connectivity index (χ4v) is 4.35. The lowest BCUT2D eigenvalue weighted by atomic mass is 9.93. The van der Waals surface area contributed by atoms with Crippen LogP contribution in [-0.4, -0.2) is 54.2 Å². The highest BCUT2D eigenvalue weighted by Gasteiger charge is 2.28. The van der Waals surface area contributed by atoms with Crippen molar-refractivity contribution in [3.05, 3.63) is 52.2 Å². The first kappa shape index (κ1) is 22.0. The van der Waals surface area contributed by atoms with Crippen LogP contribution in [0.2, 0.25) is 5.02 Å². The Bertz CT molecular complexity index is 1210. The normalized spacial score (nSPS) is 15.9. The van der Waals surface area contributed by atoms with Crippen molar-refractivity contribution >= 4 is 40.1 Å². The number of aromatic hydroxyl groups is 1. The Morgan fingerprint density at radius 2 is 2.06 bits per heavy atom. The first-order valence-electron chi connectivity index (χ1n) is 10.2. The van der Waals surface area contributed by atoms with E-state index in [1.54, 1.807) is 24.3 Å². The molecule has 1 atom stereocenters. The van der Waals surface area contributed by atoms with Crippen molar-refractivity contribution in [2.24, 2.45) is 0 Å². The molecule has 0 bridgehead atoms. The SMILES string of the molecule is COC(=O)c1[nH]c2ccc(Cl)cc2c1NC(=O)CN1CCc2cc(O)c(OC)cc2C1C. The van der Waals surface area contributed by atoms with Crippen molar-refractivity contribution in [1.82, 2.24) is 9.88 Å². The molecule has 8 nitrogen and oxygen atoms in total. The summed E-state index contributed by atoms with van der Waals surface area (Å²) in [5.41, 5.74) is 3.21. The second kappa shape index (κ2) is 8.72. The third-order valence-corrected chi connectivity index (χ3v) is 6.10. The first-order valence-corrected chi connectivity index (χ1v) is 10.5. The molecule has 0 saturated heterocycles. The number of nitrogens with one attached hydrogen (secondary N) is 2. The van der Waals surface area contributed by atoms with Gasteiger partial charge < -0.3 is 24.9 Å². The van der Waals surface area contributed by atoms with E-state index < -0.39 is 5.97 Å². The molecule has 168 valence electrons. The largest absolute Gasteiger partial charge is 0.504 e. The van der Waals surface area contributed by atoms with Crippen LogP contribution in [0.4, 0.5) is 5.69 Å². The van der Waals surface area contributed by atoms with Crippen LogP contribution in [0.5, 0.6) is 11.5 Å². The van der Waals surface area contributed by atoms with E-state index in [4.69, 9.17) is 21.1 Å². The Labute approximate surface area is 190 Å². The number of hydrogen-bond donors (Lipinski definition) is 3. The summed E-state index contributed by atoms with van der Waals surface area (Å²) in [6.45, 7) is 2.78. The molecule has 32 heavy (non-hydrogen) atoms. The highest BCUT2D eigenvalue weighted by Crippen LogP contribution is 2.37. The lowest BCUT2D eigenvalue weighted by molar-refractivity contribution is -0.117. The van der Waals surface area contributed by atoms with Gasteiger partial charge in [-0.2, -0.15) is 0 Å². The van der Waals surface area contributed by atoms with Gasteiger partial charge in [-0.25, -0.2) is 4.79 Å². The highest BCUT2D eigenvalue weighted by molar-refractivity contribution is 6.31. The number of esters is 1. The number of benzene rings is 2. The third kappa shape index (κ3) is 3.99. The molecule has 0 radical (unpaired) electrons. The van der Waals surface area contributed by atoms with Crippen LogP contribution < -0.4 is 10.1 Å². The number of phenols is 1. The highest BCUT2D eigenvalue weighted by atomic mass is 35.5. The van der Waals surface area contributed by atoms with Crippen LogP contribution in [0.25, 0.3) is 10.9 Å². The number of H-pyrrole nitrogens is 1. The molecule has 0 spiro atoms. The molecule has 1 aliphatic heterocycles. The van der Waals surface area contributed by atoms with Gasteiger partial charge in [0.1, 0.15) is 5.69 Å². The van der Waals surface area contributed by atoms with E-state index in [0.717, 1.165) is 11.1 Å². The predicted molar refractivity (Wildman–Crippen MR) is 122 cm³/mol. The zero-order valence-corrected chi connectivity index (χ0v) is 18.7. The van der Waals surface area contributed by atoms with Crippen LogP contribution >= 0.6 is 11.6 Å². The fraction of sp³-hybridized carbons (Fsp3) is 0.304. The molecule has 1 unspecified atom stereocenters. The summed E-state index contributed by atoms with van der Waals surface area (Å²) in [6.07, 6.45) is 0.695. The summed E-state index contributed by atoms with van der Waals surface area (Å²) in [7, 11) is 2.79. The number of aromatic amines is 1. The predicted octanol–water partition coefficient (Wildman–Crippen LogP) is 3.88. The summed E-state index contributed by atoms with van der Waals surface area (Å²) in [6, 6.07) is 8.61. The molecule has 0 saturated carbocycles. The molecule has 9 heteroatoms. The van der Waals surface area contributed by atoms with Crippen LogP contribution in [0.15, 0.2) is 30.3 Å². The second-order valence-corrected chi connectivity index (χ2v) is 8.16. The molecule has 0 aliphatic carbocycles. The topological polar surface area (TPSA) is 104 Å². The number of phenolic OH excluding ortho intramolecular Hbond substituents is 1. The number of methoxy groups -OCH3 is 2. The average Bonchev–Trinajstić information content (AvgIpc) is 3.12.